The number of carbonyl (C=O) groups excluding carboxylic acids is 2. The van der Waals surface area contributed by atoms with Gasteiger partial charge in [0.15, 0.2) is 6.10 Å². The molecule has 78 heavy (non-hydrogen) atoms. The van der Waals surface area contributed by atoms with Crippen molar-refractivity contribution in [3.63, 3.8) is 0 Å². The van der Waals surface area contributed by atoms with Crippen molar-refractivity contribution in [3.8, 4) is 0 Å². The van der Waals surface area contributed by atoms with Crippen LogP contribution in [0.4, 0.5) is 0 Å². The molecular formula is C68H130NO8P. The van der Waals surface area contributed by atoms with Crippen LogP contribution in [0.15, 0.2) is 36.5 Å². The van der Waals surface area contributed by atoms with Gasteiger partial charge in [0.1, 0.15) is 19.8 Å². The number of hydrogen-bond donors (Lipinski definition) is 0. The van der Waals surface area contributed by atoms with Gasteiger partial charge in [0, 0.05) is 12.8 Å². The predicted octanol–water partition coefficient (Wildman–Crippen LogP) is 20.9. The van der Waals surface area contributed by atoms with E-state index in [1.54, 1.807) is 0 Å². The van der Waals surface area contributed by atoms with Crippen LogP contribution < -0.4 is 4.89 Å². The number of esters is 2. The second-order valence-electron chi connectivity index (χ2n) is 24.2. The van der Waals surface area contributed by atoms with Crippen molar-refractivity contribution in [1.29, 1.82) is 0 Å². The minimum Gasteiger partial charge on any atom is -0.756 e. The van der Waals surface area contributed by atoms with Gasteiger partial charge >= 0.3 is 11.9 Å². The molecule has 0 aliphatic heterocycles. The van der Waals surface area contributed by atoms with Crippen LogP contribution in [0.1, 0.15) is 335 Å². The number of nitrogens with zero attached hydrogens (tertiary/aromatic N) is 1. The van der Waals surface area contributed by atoms with Crippen molar-refractivity contribution in [3.05, 3.63) is 36.5 Å². The highest BCUT2D eigenvalue weighted by molar-refractivity contribution is 7.45. The Hall–Kier alpha value is -1.77. The van der Waals surface area contributed by atoms with Crippen molar-refractivity contribution in [2.45, 2.75) is 341 Å². The Labute approximate surface area is 484 Å². The lowest BCUT2D eigenvalue weighted by Crippen LogP contribution is -2.37. The number of unbranched alkanes of at least 4 members (excludes halogenated alkanes) is 43. The smallest absolute Gasteiger partial charge is 0.306 e. The summed E-state index contributed by atoms with van der Waals surface area (Å²) in [5.41, 5.74) is 0. The Kier molecular flexibility index (Phi) is 58.5. The quantitative estimate of drug-likeness (QED) is 0.0195. The zero-order valence-electron chi connectivity index (χ0n) is 52.4. The maximum absolute atomic E-state index is 12.8. The number of ether oxygens (including phenoxy) is 2. The van der Waals surface area contributed by atoms with E-state index in [1.807, 2.05) is 21.1 Å². The first-order valence-corrected chi connectivity index (χ1v) is 35.2. The molecule has 0 aromatic rings. The highest BCUT2D eigenvalue weighted by Crippen LogP contribution is 2.38. The summed E-state index contributed by atoms with van der Waals surface area (Å²) >= 11 is 0. The first-order chi connectivity index (χ1) is 38.0. The summed E-state index contributed by atoms with van der Waals surface area (Å²) in [5.74, 6) is -0.813. The molecule has 0 saturated carbocycles. The predicted molar refractivity (Wildman–Crippen MR) is 333 cm³/mol. The number of rotatable bonds is 63. The molecular weight excluding hydrogens is 990 g/mol. The lowest BCUT2D eigenvalue weighted by molar-refractivity contribution is -0.870. The van der Waals surface area contributed by atoms with Crippen LogP contribution in [0.5, 0.6) is 0 Å². The molecule has 10 heteroatoms. The van der Waals surface area contributed by atoms with Crippen LogP contribution in [0, 0.1) is 0 Å². The van der Waals surface area contributed by atoms with Gasteiger partial charge in [-0.15, -0.1) is 0 Å². The molecule has 0 fully saturated rings. The lowest BCUT2D eigenvalue weighted by Gasteiger charge is -2.28. The van der Waals surface area contributed by atoms with E-state index in [2.05, 4.69) is 50.3 Å². The SMILES string of the molecule is CCCCCCC/C=C\C/C=C\C/C=C\CCCCCCCCCCCCCCCCCCCCCCCCCCC(=O)OC(COC(=O)CCCCCCCCCCCCCCCCC)COP(=O)([O-])OCC[N+](C)(C)C. The largest absolute Gasteiger partial charge is 0.756 e. The Morgan fingerprint density at radius 2 is 0.692 bits per heavy atom. The molecule has 0 aliphatic rings. The van der Waals surface area contributed by atoms with Crippen LogP contribution in [0.25, 0.3) is 0 Å². The highest BCUT2D eigenvalue weighted by atomic mass is 31.2. The van der Waals surface area contributed by atoms with Crippen LogP contribution >= 0.6 is 7.82 Å². The zero-order valence-corrected chi connectivity index (χ0v) is 53.3. The van der Waals surface area contributed by atoms with E-state index in [0.717, 1.165) is 44.9 Å². The molecule has 0 heterocycles. The molecule has 0 bridgehead atoms. The number of carbonyl (C=O) groups is 2. The number of phosphoric ester groups is 1. The van der Waals surface area contributed by atoms with Gasteiger partial charge in [0.2, 0.25) is 0 Å². The van der Waals surface area contributed by atoms with Crippen LogP contribution in [0.2, 0.25) is 0 Å². The number of likely N-dealkylation sites (N-methyl/N-ethyl adjacent to an activating group) is 1. The van der Waals surface area contributed by atoms with E-state index in [9.17, 15) is 19.0 Å². The number of hydrogen-bond acceptors (Lipinski definition) is 8. The second kappa shape index (κ2) is 59.8. The van der Waals surface area contributed by atoms with Gasteiger partial charge in [-0.05, 0) is 51.4 Å². The Morgan fingerprint density at radius 1 is 0.397 bits per heavy atom. The Morgan fingerprint density at radius 3 is 1.03 bits per heavy atom. The first kappa shape index (κ1) is 76.2. The topological polar surface area (TPSA) is 111 Å². The summed E-state index contributed by atoms with van der Waals surface area (Å²) in [7, 11) is 1.19. The molecule has 0 aromatic heterocycles. The van der Waals surface area contributed by atoms with Crippen molar-refractivity contribution < 1.29 is 42.1 Å². The second-order valence-corrected chi connectivity index (χ2v) is 25.6. The molecule has 0 radical (unpaired) electrons. The molecule has 2 atom stereocenters. The van der Waals surface area contributed by atoms with Crippen molar-refractivity contribution in [2.75, 3.05) is 47.5 Å². The van der Waals surface area contributed by atoms with E-state index >= 15 is 0 Å². The fourth-order valence-electron chi connectivity index (χ4n) is 9.96. The summed E-state index contributed by atoms with van der Waals surface area (Å²) in [4.78, 5) is 37.9. The standard InChI is InChI=1S/C68H130NO8P/c1-6-8-10-12-14-16-18-20-22-23-24-25-26-27-28-29-30-31-32-33-34-35-36-37-38-39-40-41-42-43-44-45-47-49-51-53-55-57-59-61-68(71)77-66(65-76-78(72,73)75-63-62-69(3,4)5)64-74-67(70)60-58-56-54-52-50-48-46-21-19-17-15-13-11-9-7-2/h18,20,23-24,26-27,66H,6-17,19,21-22,25,28-65H2,1-5H3/b20-18-,24-23-,27-26-. The van der Waals surface area contributed by atoms with Crippen LogP contribution in [-0.4, -0.2) is 70.0 Å². The number of quaternary nitrogens is 1. The summed E-state index contributed by atoms with van der Waals surface area (Å²) in [6, 6.07) is 0. The van der Waals surface area contributed by atoms with E-state index in [0.29, 0.717) is 17.4 Å². The molecule has 460 valence electrons. The van der Waals surface area contributed by atoms with E-state index < -0.39 is 26.5 Å². The number of phosphoric acid groups is 1. The van der Waals surface area contributed by atoms with Crippen LogP contribution in [-0.2, 0) is 32.7 Å². The van der Waals surface area contributed by atoms with Crippen molar-refractivity contribution in [1.82, 2.24) is 0 Å². The highest BCUT2D eigenvalue weighted by Gasteiger charge is 2.22. The Balaban J connectivity index is 3.88. The molecule has 0 amide bonds. The average Bonchev–Trinajstić information content (AvgIpc) is 3.41. The molecule has 2 unspecified atom stereocenters. The Bertz CT molecular complexity index is 1410. The summed E-state index contributed by atoms with van der Waals surface area (Å²) < 4.78 is 34.2. The molecule has 0 N–H and O–H groups in total. The maximum atomic E-state index is 12.8. The summed E-state index contributed by atoms with van der Waals surface area (Å²) in [6.45, 7) is 4.28. The van der Waals surface area contributed by atoms with E-state index in [-0.39, 0.29) is 32.0 Å². The normalized spacial score (nSPS) is 13.4. The van der Waals surface area contributed by atoms with Crippen molar-refractivity contribution >= 4 is 19.8 Å². The molecule has 0 spiro atoms. The fourth-order valence-corrected chi connectivity index (χ4v) is 10.7. The van der Waals surface area contributed by atoms with Gasteiger partial charge in [0.05, 0.1) is 27.7 Å². The monoisotopic (exact) mass is 1120 g/mol. The summed E-state index contributed by atoms with van der Waals surface area (Å²) in [5, 5.41) is 0. The van der Waals surface area contributed by atoms with Gasteiger partial charge in [-0.3, -0.25) is 14.2 Å². The van der Waals surface area contributed by atoms with Crippen molar-refractivity contribution in [2.24, 2.45) is 0 Å². The molecule has 0 rings (SSSR count). The minimum absolute atomic E-state index is 0.0271. The maximum Gasteiger partial charge on any atom is 0.306 e. The fraction of sp³-hybridized carbons (Fsp3) is 0.882. The average molecular weight is 1120 g/mol. The van der Waals surface area contributed by atoms with E-state index in [1.165, 1.54) is 257 Å². The third kappa shape index (κ3) is 63.4. The minimum atomic E-state index is -4.63. The lowest BCUT2D eigenvalue weighted by atomic mass is 10.0. The third-order valence-electron chi connectivity index (χ3n) is 15.2. The van der Waals surface area contributed by atoms with Gasteiger partial charge < -0.3 is 27.9 Å². The molecule has 0 aliphatic carbocycles. The van der Waals surface area contributed by atoms with E-state index in [4.69, 9.17) is 18.5 Å². The van der Waals surface area contributed by atoms with Gasteiger partial charge in [-0.25, -0.2) is 0 Å². The molecule has 0 aromatic carbocycles. The molecule has 9 nitrogen and oxygen atoms in total. The van der Waals surface area contributed by atoms with Gasteiger partial charge in [0.25, 0.3) is 7.82 Å². The molecule has 0 saturated heterocycles. The summed E-state index contributed by atoms with van der Waals surface area (Å²) in [6.07, 6.45) is 75.2. The third-order valence-corrected chi connectivity index (χ3v) is 16.1. The van der Waals surface area contributed by atoms with Gasteiger partial charge in [-0.1, -0.05) is 307 Å². The first-order valence-electron chi connectivity index (χ1n) is 33.7. The number of allylic oxidation sites excluding steroid dienone is 6. The van der Waals surface area contributed by atoms with Gasteiger partial charge in [-0.2, -0.15) is 0 Å². The van der Waals surface area contributed by atoms with Crippen LogP contribution in [0.3, 0.4) is 0 Å². The zero-order chi connectivity index (χ0) is 57.0.